The van der Waals surface area contributed by atoms with Gasteiger partial charge in [0.1, 0.15) is 10.0 Å². The maximum absolute atomic E-state index is 11.8. The lowest BCUT2D eigenvalue weighted by atomic mass is 10.5. The molecule has 0 aliphatic carbocycles. The topological polar surface area (TPSA) is 84.0 Å². The number of anilines is 1. The number of hydrogen-bond acceptors (Lipinski definition) is 7. The van der Waals surface area contributed by atoms with Crippen molar-refractivity contribution < 1.29 is 8.42 Å². The van der Waals surface area contributed by atoms with Crippen LogP contribution in [0.5, 0.6) is 0 Å². The first-order chi connectivity index (χ1) is 9.12. The summed E-state index contributed by atoms with van der Waals surface area (Å²) in [5, 5.41) is 5.49. The quantitative estimate of drug-likeness (QED) is 0.757. The summed E-state index contributed by atoms with van der Waals surface area (Å²) < 4.78 is 30.6. The molecule has 0 amide bonds. The molecule has 0 fully saturated rings. The van der Waals surface area contributed by atoms with Gasteiger partial charge in [-0.2, -0.15) is 4.37 Å². The summed E-state index contributed by atoms with van der Waals surface area (Å²) >= 11 is 2.48. The van der Waals surface area contributed by atoms with Gasteiger partial charge in [-0.05, 0) is 11.4 Å². The molecule has 6 nitrogen and oxygen atoms in total. The summed E-state index contributed by atoms with van der Waals surface area (Å²) in [6.07, 6.45) is 0.795. The molecule has 2 aromatic heterocycles. The molecule has 0 aliphatic rings. The van der Waals surface area contributed by atoms with Gasteiger partial charge in [0, 0.05) is 31.0 Å². The van der Waals surface area contributed by atoms with Gasteiger partial charge in [0.2, 0.25) is 15.2 Å². The van der Waals surface area contributed by atoms with E-state index in [0.717, 1.165) is 12.2 Å². The average molecular weight is 318 g/mol. The number of nitrogens with zero attached hydrogens (tertiary/aromatic N) is 2. The van der Waals surface area contributed by atoms with Crippen LogP contribution >= 0.6 is 22.9 Å². The van der Waals surface area contributed by atoms with Crippen LogP contribution in [0.1, 0.15) is 12.7 Å². The number of thiophene rings is 1. The van der Waals surface area contributed by atoms with Crippen molar-refractivity contribution in [2.45, 2.75) is 17.6 Å². The van der Waals surface area contributed by atoms with Crippen LogP contribution in [-0.4, -0.2) is 30.9 Å². The van der Waals surface area contributed by atoms with E-state index in [0.29, 0.717) is 22.4 Å². The molecule has 2 rings (SSSR count). The van der Waals surface area contributed by atoms with E-state index in [4.69, 9.17) is 0 Å². The van der Waals surface area contributed by atoms with Gasteiger partial charge in [-0.25, -0.2) is 18.1 Å². The van der Waals surface area contributed by atoms with Crippen LogP contribution in [0.3, 0.4) is 0 Å². The minimum atomic E-state index is -3.37. The van der Waals surface area contributed by atoms with Gasteiger partial charge in [0.25, 0.3) is 0 Å². The minimum absolute atomic E-state index is 0.307. The molecule has 0 aromatic carbocycles. The molecule has 0 unspecified atom stereocenters. The maximum Gasteiger partial charge on any atom is 0.250 e. The van der Waals surface area contributed by atoms with Crippen molar-refractivity contribution >= 4 is 38.0 Å². The molecule has 19 heavy (non-hydrogen) atoms. The molecule has 0 saturated carbocycles. The highest BCUT2D eigenvalue weighted by Gasteiger charge is 2.13. The van der Waals surface area contributed by atoms with Crippen LogP contribution in [0.4, 0.5) is 5.13 Å². The number of rotatable bonds is 7. The van der Waals surface area contributed by atoms with E-state index in [1.54, 1.807) is 17.5 Å². The third-order valence-corrected chi connectivity index (χ3v) is 5.81. The predicted octanol–water partition coefficient (Wildman–Crippen LogP) is 1.55. The molecular formula is C10H14N4O2S3. The van der Waals surface area contributed by atoms with Gasteiger partial charge < -0.3 is 5.32 Å². The molecule has 2 heterocycles. The molecule has 0 aliphatic heterocycles. The van der Waals surface area contributed by atoms with Crippen LogP contribution < -0.4 is 10.0 Å². The lowest BCUT2D eigenvalue weighted by Crippen LogP contribution is -2.28. The number of aryl methyl sites for hydroxylation is 1. The Kier molecular flexibility index (Phi) is 4.86. The third kappa shape index (κ3) is 3.96. The molecule has 2 N–H and O–H groups in total. The third-order valence-electron chi connectivity index (χ3n) is 2.24. The summed E-state index contributed by atoms with van der Waals surface area (Å²) in [5.74, 6) is 0.798. The lowest BCUT2D eigenvalue weighted by Gasteiger charge is -2.04. The van der Waals surface area contributed by atoms with E-state index in [9.17, 15) is 8.42 Å². The van der Waals surface area contributed by atoms with E-state index < -0.39 is 10.0 Å². The molecule has 0 spiro atoms. The molecule has 2 aromatic rings. The van der Waals surface area contributed by atoms with Crippen molar-refractivity contribution in [3.05, 3.63) is 23.3 Å². The lowest BCUT2D eigenvalue weighted by molar-refractivity contribution is 0.585. The fraction of sp³-hybridized carbons (Fsp3) is 0.400. The van der Waals surface area contributed by atoms with Crippen molar-refractivity contribution in [1.29, 1.82) is 0 Å². The Morgan fingerprint density at radius 2 is 2.21 bits per heavy atom. The Labute approximate surface area is 120 Å². The summed E-state index contributed by atoms with van der Waals surface area (Å²) in [5.41, 5.74) is 0. The Bertz CT molecular complexity index is 607. The van der Waals surface area contributed by atoms with Gasteiger partial charge >= 0.3 is 0 Å². The zero-order chi connectivity index (χ0) is 13.7. The van der Waals surface area contributed by atoms with Crippen LogP contribution in [-0.2, 0) is 16.4 Å². The van der Waals surface area contributed by atoms with Crippen LogP contribution in [0.2, 0.25) is 0 Å². The van der Waals surface area contributed by atoms with Gasteiger partial charge in [-0.3, -0.25) is 0 Å². The maximum atomic E-state index is 11.8. The first-order valence-corrected chi connectivity index (χ1v) is 8.85. The molecular weight excluding hydrogens is 304 g/mol. The predicted molar refractivity (Wildman–Crippen MR) is 77.3 cm³/mol. The molecule has 9 heteroatoms. The van der Waals surface area contributed by atoms with Gasteiger partial charge in [-0.15, -0.1) is 11.3 Å². The highest BCUT2D eigenvalue weighted by atomic mass is 32.2. The fourth-order valence-corrected chi connectivity index (χ4v) is 4.06. The van der Waals surface area contributed by atoms with Gasteiger partial charge in [0.05, 0.1) is 0 Å². The zero-order valence-corrected chi connectivity index (χ0v) is 12.7. The summed E-state index contributed by atoms with van der Waals surface area (Å²) in [6.45, 7) is 2.77. The number of nitrogens with one attached hydrogen (secondary N) is 2. The minimum Gasteiger partial charge on any atom is -0.359 e. The van der Waals surface area contributed by atoms with Crippen molar-refractivity contribution in [2.75, 3.05) is 18.4 Å². The molecule has 0 atom stereocenters. The van der Waals surface area contributed by atoms with E-state index in [1.165, 1.54) is 22.9 Å². The summed E-state index contributed by atoms with van der Waals surface area (Å²) in [4.78, 5) is 4.23. The zero-order valence-electron chi connectivity index (χ0n) is 10.3. The smallest absolute Gasteiger partial charge is 0.250 e. The monoisotopic (exact) mass is 318 g/mol. The Morgan fingerprint density at radius 1 is 1.37 bits per heavy atom. The highest BCUT2D eigenvalue weighted by molar-refractivity contribution is 7.91. The SMILES string of the molecule is CCc1nsc(NCCNS(=O)(=O)c2cccs2)n1. The Morgan fingerprint density at radius 3 is 2.84 bits per heavy atom. The first kappa shape index (κ1) is 14.4. The van der Waals surface area contributed by atoms with E-state index >= 15 is 0 Å². The second-order valence-corrected chi connectivity index (χ2v) is 7.32. The van der Waals surface area contributed by atoms with Gasteiger partial charge in [0.15, 0.2) is 0 Å². The van der Waals surface area contributed by atoms with E-state index in [1.807, 2.05) is 6.92 Å². The first-order valence-electron chi connectivity index (χ1n) is 5.71. The van der Waals surface area contributed by atoms with Crippen LogP contribution in [0.15, 0.2) is 21.7 Å². The van der Waals surface area contributed by atoms with Crippen LogP contribution in [0, 0.1) is 0 Å². The largest absolute Gasteiger partial charge is 0.359 e. The molecule has 0 radical (unpaired) electrons. The Hall–Kier alpha value is -1.03. The van der Waals surface area contributed by atoms with Crippen molar-refractivity contribution in [1.82, 2.24) is 14.1 Å². The van der Waals surface area contributed by atoms with Crippen molar-refractivity contribution in [3.8, 4) is 0 Å². The standard InChI is InChI=1S/C10H14N4O2S3/c1-2-8-13-10(18-14-8)11-5-6-12-19(15,16)9-4-3-7-17-9/h3-4,7,12H,2,5-6H2,1H3,(H,11,13,14). The molecule has 104 valence electrons. The molecule has 0 bridgehead atoms. The summed E-state index contributed by atoms with van der Waals surface area (Å²) in [7, 11) is -3.37. The average Bonchev–Trinajstić information content (AvgIpc) is 3.05. The Balaban J connectivity index is 1.78. The highest BCUT2D eigenvalue weighted by Crippen LogP contribution is 2.15. The second kappa shape index (κ2) is 6.42. The van der Waals surface area contributed by atoms with Crippen LogP contribution in [0.25, 0.3) is 0 Å². The number of sulfonamides is 1. The van der Waals surface area contributed by atoms with E-state index in [2.05, 4.69) is 19.4 Å². The van der Waals surface area contributed by atoms with Crippen molar-refractivity contribution in [3.63, 3.8) is 0 Å². The fourth-order valence-electron chi connectivity index (χ4n) is 1.31. The second-order valence-electron chi connectivity index (χ2n) is 3.63. The van der Waals surface area contributed by atoms with Gasteiger partial charge in [-0.1, -0.05) is 13.0 Å². The van der Waals surface area contributed by atoms with E-state index in [-0.39, 0.29) is 0 Å². The van der Waals surface area contributed by atoms with Crippen molar-refractivity contribution in [2.24, 2.45) is 0 Å². The normalized spacial score (nSPS) is 11.6. The number of aromatic nitrogens is 2. The molecule has 0 saturated heterocycles. The number of hydrogen-bond donors (Lipinski definition) is 2. The summed E-state index contributed by atoms with van der Waals surface area (Å²) in [6, 6.07) is 3.30.